The standard InChI is InChI=1S/C18H24N2O5/c1-12(17(22)20-14-7-3-4-8-14)25-16(21)11-19-18(23)13-6-5-9-15(10-13)24-2/h5-6,9-10,12,14H,3-4,7-8,11H2,1-2H3,(H,19,23)(H,20,22)/t12-/m0/s1. The van der Waals surface area contributed by atoms with Gasteiger partial charge in [-0.15, -0.1) is 0 Å². The van der Waals surface area contributed by atoms with Crippen LogP contribution in [0, 0.1) is 0 Å². The Labute approximate surface area is 147 Å². The minimum Gasteiger partial charge on any atom is -0.497 e. The number of esters is 1. The molecule has 1 aromatic rings. The lowest BCUT2D eigenvalue weighted by Crippen LogP contribution is -2.42. The molecule has 0 unspecified atom stereocenters. The lowest BCUT2D eigenvalue weighted by atomic mass is 10.2. The van der Waals surface area contributed by atoms with Crippen molar-refractivity contribution in [1.82, 2.24) is 10.6 Å². The van der Waals surface area contributed by atoms with Gasteiger partial charge in [-0.05, 0) is 38.0 Å². The van der Waals surface area contributed by atoms with E-state index in [-0.39, 0.29) is 18.5 Å². The lowest BCUT2D eigenvalue weighted by Gasteiger charge is -2.17. The van der Waals surface area contributed by atoms with E-state index < -0.39 is 18.0 Å². The Morgan fingerprint density at radius 2 is 1.96 bits per heavy atom. The number of rotatable bonds is 7. The summed E-state index contributed by atoms with van der Waals surface area (Å²) in [6, 6.07) is 6.75. The van der Waals surface area contributed by atoms with Gasteiger partial charge in [0.2, 0.25) is 0 Å². The molecule has 2 rings (SSSR count). The molecule has 0 heterocycles. The highest BCUT2D eigenvalue weighted by atomic mass is 16.5. The van der Waals surface area contributed by atoms with E-state index in [1.54, 1.807) is 24.3 Å². The smallest absolute Gasteiger partial charge is 0.326 e. The molecular formula is C18H24N2O5. The summed E-state index contributed by atoms with van der Waals surface area (Å²) in [7, 11) is 1.51. The molecule has 0 aromatic heterocycles. The zero-order valence-corrected chi connectivity index (χ0v) is 14.5. The molecule has 1 atom stereocenters. The van der Waals surface area contributed by atoms with Crippen LogP contribution < -0.4 is 15.4 Å². The van der Waals surface area contributed by atoms with Crippen LogP contribution in [0.15, 0.2) is 24.3 Å². The van der Waals surface area contributed by atoms with Crippen molar-refractivity contribution >= 4 is 17.8 Å². The van der Waals surface area contributed by atoms with Crippen molar-refractivity contribution in [2.45, 2.75) is 44.8 Å². The maximum Gasteiger partial charge on any atom is 0.326 e. The first-order valence-electron chi connectivity index (χ1n) is 8.41. The van der Waals surface area contributed by atoms with Gasteiger partial charge in [0.25, 0.3) is 11.8 Å². The van der Waals surface area contributed by atoms with Gasteiger partial charge >= 0.3 is 5.97 Å². The molecule has 0 aliphatic heterocycles. The van der Waals surface area contributed by atoms with Crippen LogP contribution in [0.4, 0.5) is 0 Å². The Balaban J connectivity index is 1.75. The first kappa shape index (κ1) is 18.8. The molecule has 1 aliphatic rings. The number of ether oxygens (including phenoxy) is 2. The van der Waals surface area contributed by atoms with Crippen molar-refractivity contribution in [3.8, 4) is 5.75 Å². The van der Waals surface area contributed by atoms with E-state index in [2.05, 4.69) is 10.6 Å². The van der Waals surface area contributed by atoms with Gasteiger partial charge in [-0.1, -0.05) is 18.9 Å². The Morgan fingerprint density at radius 3 is 2.64 bits per heavy atom. The SMILES string of the molecule is COc1cccc(C(=O)NCC(=O)O[C@@H](C)C(=O)NC2CCCC2)c1. The van der Waals surface area contributed by atoms with Gasteiger partial charge < -0.3 is 20.1 Å². The Hall–Kier alpha value is -2.57. The molecular weight excluding hydrogens is 324 g/mol. The van der Waals surface area contributed by atoms with E-state index >= 15 is 0 Å². The number of nitrogens with one attached hydrogen (secondary N) is 2. The summed E-state index contributed by atoms with van der Waals surface area (Å²) in [5.41, 5.74) is 0.374. The van der Waals surface area contributed by atoms with Gasteiger partial charge in [0.15, 0.2) is 6.10 Å². The number of hydrogen-bond acceptors (Lipinski definition) is 5. The summed E-state index contributed by atoms with van der Waals surface area (Å²) >= 11 is 0. The van der Waals surface area contributed by atoms with E-state index in [0.717, 1.165) is 25.7 Å². The molecule has 136 valence electrons. The number of hydrogen-bond donors (Lipinski definition) is 2. The van der Waals surface area contributed by atoms with Crippen LogP contribution in [0.25, 0.3) is 0 Å². The first-order chi connectivity index (χ1) is 12.0. The molecule has 2 N–H and O–H groups in total. The number of benzene rings is 1. The van der Waals surface area contributed by atoms with Crippen LogP contribution in [0.1, 0.15) is 43.0 Å². The van der Waals surface area contributed by atoms with E-state index in [1.807, 2.05) is 0 Å². The normalized spacial score (nSPS) is 15.3. The fraction of sp³-hybridized carbons (Fsp3) is 0.500. The Bertz CT molecular complexity index is 626. The summed E-state index contributed by atoms with van der Waals surface area (Å²) in [5.74, 6) is -0.837. The van der Waals surface area contributed by atoms with Gasteiger partial charge in [-0.3, -0.25) is 14.4 Å². The molecule has 0 spiro atoms. The Kier molecular flexibility index (Phi) is 6.80. The van der Waals surface area contributed by atoms with E-state index in [9.17, 15) is 14.4 Å². The average molecular weight is 348 g/mol. The second-order valence-corrected chi connectivity index (χ2v) is 6.04. The van der Waals surface area contributed by atoms with Crippen LogP contribution in [-0.4, -0.2) is 43.6 Å². The van der Waals surface area contributed by atoms with Crippen LogP contribution in [0.3, 0.4) is 0 Å². The van der Waals surface area contributed by atoms with Crippen molar-refractivity contribution in [2.75, 3.05) is 13.7 Å². The molecule has 0 radical (unpaired) electrons. The van der Waals surface area contributed by atoms with Gasteiger partial charge in [-0.2, -0.15) is 0 Å². The van der Waals surface area contributed by atoms with E-state index in [0.29, 0.717) is 11.3 Å². The molecule has 1 saturated carbocycles. The van der Waals surface area contributed by atoms with Gasteiger partial charge in [0.1, 0.15) is 12.3 Å². The van der Waals surface area contributed by atoms with Crippen LogP contribution in [0.5, 0.6) is 5.75 Å². The molecule has 7 nitrogen and oxygen atoms in total. The highest BCUT2D eigenvalue weighted by Crippen LogP contribution is 2.17. The van der Waals surface area contributed by atoms with Crippen LogP contribution in [0.2, 0.25) is 0 Å². The van der Waals surface area contributed by atoms with Crippen molar-refractivity contribution in [3.63, 3.8) is 0 Å². The van der Waals surface area contributed by atoms with Gasteiger partial charge in [-0.25, -0.2) is 0 Å². The summed E-state index contributed by atoms with van der Waals surface area (Å²) in [6.07, 6.45) is 3.25. The van der Waals surface area contributed by atoms with Crippen LogP contribution >= 0.6 is 0 Å². The molecule has 0 saturated heterocycles. The molecule has 1 aromatic carbocycles. The maximum atomic E-state index is 12.0. The Morgan fingerprint density at radius 1 is 1.24 bits per heavy atom. The van der Waals surface area contributed by atoms with Crippen molar-refractivity contribution in [3.05, 3.63) is 29.8 Å². The third-order valence-corrected chi connectivity index (χ3v) is 4.10. The quantitative estimate of drug-likeness (QED) is 0.727. The second kappa shape index (κ2) is 9.05. The highest BCUT2D eigenvalue weighted by molar-refractivity contribution is 5.96. The molecule has 25 heavy (non-hydrogen) atoms. The number of carbonyl (C=O) groups excluding carboxylic acids is 3. The molecule has 1 fully saturated rings. The minimum absolute atomic E-state index is 0.168. The largest absolute Gasteiger partial charge is 0.497 e. The third kappa shape index (κ3) is 5.77. The summed E-state index contributed by atoms with van der Waals surface area (Å²) in [5, 5.41) is 5.34. The predicted octanol–water partition coefficient (Wildman–Crippen LogP) is 1.42. The number of methoxy groups -OCH3 is 1. The van der Waals surface area contributed by atoms with Gasteiger partial charge in [0.05, 0.1) is 7.11 Å². The summed E-state index contributed by atoms with van der Waals surface area (Å²) < 4.78 is 10.1. The summed E-state index contributed by atoms with van der Waals surface area (Å²) in [6.45, 7) is 1.21. The number of carbonyl (C=O) groups is 3. The second-order valence-electron chi connectivity index (χ2n) is 6.04. The molecule has 2 amide bonds. The average Bonchev–Trinajstić information content (AvgIpc) is 3.12. The fourth-order valence-corrected chi connectivity index (χ4v) is 2.70. The molecule has 1 aliphatic carbocycles. The highest BCUT2D eigenvalue weighted by Gasteiger charge is 2.23. The third-order valence-electron chi connectivity index (χ3n) is 4.10. The van der Waals surface area contributed by atoms with Crippen molar-refractivity contribution in [2.24, 2.45) is 0 Å². The summed E-state index contributed by atoms with van der Waals surface area (Å²) in [4.78, 5) is 35.8. The van der Waals surface area contributed by atoms with Crippen molar-refractivity contribution in [1.29, 1.82) is 0 Å². The van der Waals surface area contributed by atoms with E-state index in [4.69, 9.17) is 9.47 Å². The lowest BCUT2D eigenvalue weighted by molar-refractivity contribution is -0.154. The molecule has 0 bridgehead atoms. The fourth-order valence-electron chi connectivity index (χ4n) is 2.70. The number of amides is 2. The maximum absolute atomic E-state index is 12.0. The minimum atomic E-state index is -0.887. The van der Waals surface area contributed by atoms with Crippen LogP contribution in [-0.2, 0) is 14.3 Å². The zero-order valence-electron chi connectivity index (χ0n) is 14.5. The monoisotopic (exact) mass is 348 g/mol. The predicted molar refractivity (Wildman–Crippen MR) is 91.3 cm³/mol. The first-order valence-corrected chi connectivity index (χ1v) is 8.41. The molecule has 7 heteroatoms. The van der Waals surface area contributed by atoms with Crippen molar-refractivity contribution < 1.29 is 23.9 Å². The topological polar surface area (TPSA) is 93.7 Å². The zero-order chi connectivity index (χ0) is 18.2. The van der Waals surface area contributed by atoms with E-state index in [1.165, 1.54) is 14.0 Å². The van der Waals surface area contributed by atoms with Gasteiger partial charge in [0, 0.05) is 11.6 Å².